The van der Waals surface area contributed by atoms with Crippen LogP contribution in [0.4, 0.5) is 17.5 Å². The number of aryl methyl sites for hydroxylation is 1. The summed E-state index contributed by atoms with van der Waals surface area (Å²) in [6.07, 6.45) is 1.69. The predicted octanol–water partition coefficient (Wildman–Crippen LogP) is 5.45. The number of hydrogen-bond acceptors (Lipinski definition) is 4. The van der Waals surface area contributed by atoms with Crippen molar-refractivity contribution in [1.82, 2.24) is 9.97 Å². The second-order valence-electron chi connectivity index (χ2n) is 5.29. The molecule has 1 heterocycles. The molecular weight excluding hydrogens is 343 g/mol. The Morgan fingerprint density at radius 3 is 2.67 bits per heavy atom. The lowest BCUT2D eigenvalue weighted by Gasteiger charge is -2.10. The van der Waals surface area contributed by atoms with Crippen LogP contribution in [0.3, 0.4) is 0 Å². The van der Waals surface area contributed by atoms with Crippen LogP contribution in [0.15, 0.2) is 54.7 Å². The number of anilines is 3. The molecule has 6 heteroatoms. The van der Waals surface area contributed by atoms with Crippen molar-refractivity contribution in [2.75, 3.05) is 10.6 Å². The summed E-state index contributed by atoms with van der Waals surface area (Å²) < 4.78 is 0. The second kappa shape index (κ2) is 7.51. The number of halogens is 2. The van der Waals surface area contributed by atoms with Gasteiger partial charge in [-0.3, -0.25) is 0 Å². The highest BCUT2D eigenvalue weighted by Crippen LogP contribution is 2.27. The van der Waals surface area contributed by atoms with Crippen molar-refractivity contribution >= 4 is 40.7 Å². The topological polar surface area (TPSA) is 49.8 Å². The molecule has 0 bridgehead atoms. The summed E-state index contributed by atoms with van der Waals surface area (Å²) in [6.45, 7) is 2.75. The Bertz CT molecular complexity index is 852. The van der Waals surface area contributed by atoms with Gasteiger partial charge in [0.15, 0.2) is 0 Å². The van der Waals surface area contributed by atoms with Crippen molar-refractivity contribution in [3.8, 4) is 0 Å². The van der Waals surface area contributed by atoms with E-state index in [0.29, 0.717) is 28.4 Å². The molecule has 0 aliphatic heterocycles. The lowest BCUT2D eigenvalue weighted by molar-refractivity contribution is 1.04. The Balaban J connectivity index is 1.71. The monoisotopic (exact) mass is 358 g/mol. The maximum atomic E-state index is 6.17. The van der Waals surface area contributed by atoms with Gasteiger partial charge in [0.1, 0.15) is 5.82 Å². The molecule has 2 aromatic carbocycles. The lowest BCUT2D eigenvalue weighted by atomic mass is 10.1. The molecule has 0 saturated heterocycles. The van der Waals surface area contributed by atoms with Gasteiger partial charge in [-0.15, -0.1) is 0 Å². The normalized spacial score (nSPS) is 10.5. The number of nitrogens with zero attached hydrogens (tertiary/aromatic N) is 2. The van der Waals surface area contributed by atoms with Gasteiger partial charge >= 0.3 is 0 Å². The molecule has 122 valence electrons. The SMILES string of the molecule is Cc1ccccc1CNc1nccc(Nc2ccc(Cl)cc2Cl)n1. The van der Waals surface area contributed by atoms with Gasteiger partial charge in [-0.1, -0.05) is 47.5 Å². The first-order valence-corrected chi connectivity index (χ1v) is 8.21. The molecular formula is C18H16Cl2N4. The van der Waals surface area contributed by atoms with Crippen molar-refractivity contribution in [2.45, 2.75) is 13.5 Å². The number of rotatable bonds is 5. The van der Waals surface area contributed by atoms with Gasteiger partial charge in [-0.25, -0.2) is 4.98 Å². The zero-order chi connectivity index (χ0) is 16.9. The van der Waals surface area contributed by atoms with Crippen LogP contribution in [0.5, 0.6) is 0 Å². The molecule has 4 nitrogen and oxygen atoms in total. The highest BCUT2D eigenvalue weighted by atomic mass is 35.5. The van der Waals surface area contributed by atoms with Gasteiger partial charge in [0.25, 0.3) is 0 Å². The van der Waals surface area contributed by atoms with Crippen LogP contribution in [-0.2, 0) is 6.54 Å². The minimum Gasteiger partial charge on any atom is -0.350 e. The van der Waals surface area contributed by atoms with E-state index in [1.54, 1.807) is 24.4 Å². The minimum atomic E-state index is 0.538. The van der Waals surface area contributed by atoms with E-state index in [1.165, 1.54) is 11.1 Å². The predicted molar refractivity (Wildman–Crippen MR) is 100 cm³/mol. The lowest BCUT2D eigenvalue weighted by Crippen LogP contribution is -2.06. The molecule has 0 saturated carbocycles. The van der Waals surface area contributed by atoms with Crippen molar-refractivity contribution in [3.63, 3.8) is 0 Å². The van der Waals surface area contributed by atoms with Crippen LogP contribution in [0.1, 0.15) is 11.1 Å². The molecule has 0 unspecified atom stereocenters. The number of benzene rings is 2. The summed E-state index contributed by atoms with van der Waals surface area (Å²) in [5, 5.41) is 7.53. The largest absolute Gasteiger partial charge is 0.350 e. The maximum absolute atomic E-state index is 6.17. The van der Waals surface area contributed by atoms with Crippen molar-refractivity contribution < 1.29 is 0 Å². The van der Waals surface area contributed by atoms with Crippen LogP contribution in [-0.4, -0.2) is 9.97 Å². The number of aromatic nitrogens is 2. The van der Waals surface area contributed by atoms with E-state index in [2.05, 4.69) is 39.7 Å². The highest BCUT2D eigenvalue weighted by Gasteiger charge is 2.05. The van der Waals surface area contributed by atoms with Crippen molar-refractivity contribution in [2.24, 2.45) is 0 Å². The quantitative estimate of drug-likeness (QED) is 0.636. The van der Waals surface area contributed by atoms with E-state index >= 15 is 0 Å². The summed E-state index contributed by atoms with van der Waals surface area (Å²) in [6, 6.07) is 15.3. The Kier molecular flexibility index (Phi) is 5.18. The average Bonchev–Trinajstić information content (AvgIpc) is 2.57. The van der Waals surface area contributed by atoms with Gasteiger partial charge in [-0.2, -0.15) is 4.98 Å². The molecule has 0 spiro atoms. The van der Waals surface area contributed by atoms with Gasteiger partial charge in [0.2, 0.25) is 5.95 Å². The Morgan fingerprint density at radius 1 is 1.04 bits per heavy atom. The van der Waals surface area contributed by atoms with Gasteiger partial charge in [0, 0.05) is 17.8 Å². The fourth-order valence-electron chi connectivity index (χ4n) is 2.23. The van der Waals surface area contributed by atoms with E-state index in [4.69, 9.17) is 23.2 Å². The van der Waals surface area contributed by atoms with E-state index in [1.807, 2.05) is 18.2 Å². The molecule has 0 aliphatic rings. The molecule has 0 amide bonds. The molecule has 0 fully saturated rings. The molecule has 1 aromatic heterocycles. The van der Waals surface area contributed by atoms with E-state index in [0.717, 1.165) is 5.69 Å². The summed E-state index contributed by atoms with van der Waals surface area (Å²) in [7, 11) is 0. The molecule has 2 N–H and O–H groups in total. The molecule has 3 rings (SSSR count). The number of nitrogens with one attached hydrogen (secondary N) is 2. The molecule has 24 heavy (non-hydrogen) atoms. The Labute approximate surface area is 150 Å². The van der Waals surface area contributed by atoms with Crippen LogP contribution < -0.4 is 10.6 Å². The van der Waals surface area contributed by atoms with Crippen LogP contribution in [0.2, 0.25) is 10.0 Å². The van der Waals surface area contributed by atoms with Gasteiger partial charge in [0.05, 0.1) is 10.7 Å². The van der Waals surface area contributed by atoms with E-state index in [9.17, 15) is 0 Å². The third kappa shape index (κ3) is 4.16. The second-order valence-corrected chi connectivity index (χ2v) is 6.14. The summed E-state index contributed by atoms with van der Waals surface area (Å²) in [5.74, 6) is 1.20. The number of hydrogen-bond donors (Lipinski definition) is 2. The van der Waals surface area contributed by atoms with Crippen LogP contribution >= 0.6 is 23.2 Å². The van der Waals surface area contributed by atoms with Crippen LogP contribution in [0.25, 0.3) is 0 Å². The molecule has 3 aromatic rings. The third-order valence-corrected chi connectivity index (χ3v) is 4.10. The third-order valence-electron chi connectivity index (χ3n) is 3.55. The Hall–Kier alpha value is -2.30. The fourth-order valence-corrected chi connectivity index (χ4v) is 2.68. The standard InChI is InChI=1S/C18H16Cl2N4/c1-12-4-2-3-5-13(12)11-22-18-21-9-8-17(24-18)23-16-7-6-14(19)10-15(16)20/h2-10H,11H2,1H3,(H2,21,22,23,24). The summed E-state index contributed by atoms with van der Waals surface area (Å²) in [5.41, 5.74) is 3.18. The molecule has 0 radical (unpaired) electrons. The fraction of sp³-hybridized carbons (Fsp3) is 0.111. The van der Waals surface area contributed by atoms with E-state index < -0.39 is 0 Å². The zero-order valence-corrected chi connectivity index (χ0v) is 14.6. The summed E-state index contributed by atoms with van der Waals surface area (Å²) in [4.78, 5) is 8.70. The average molecular weight is 359 g/mol. The minimum absolute atomic E-state index is 0.538. The molecule has 0 aliphatic carbocycles. The van der Waals surface area contributed by atoms with Crippen LogP contribution in [0, 0.1) is 6.92 Å². The van der Waals surface area contributed by atoms with Crippen molar-refractivity contribution in [1.29, 1.82) is 0 Å². The smallest absolute Gasteiger partial charge is 0.224 e. The van der Waals surface area contributed by atoms with E-state index in [-0.39, 0.29) is 0 Å². The van der Waals surface area contributed by atoms with Gasteiger partial charge in [-0.05, 0) is 42.3 Å². The Morgan fingerprint density at radius 2 is 1.88 bits per heavy atom. The highest BCUT2D eigenvalue weighted by molar-refractivity contribution is 6.36. The first-order valence-electron chi connectivity index (χ1n) is 7.45. The molecule has 0 atom stereocenters. The zero-order valence-electron chi connectivity index (χ0n) is 13.1. The van der Waals surface area contributed by atoms with Gasteiger partial charge < -0.3 is 10.6 Å². The maximum Gasteiger partial charge on any atom is 0.224 e. The summed E-state index contributed by atoms with van der Waals surface area (Å²) >= 11 is 12.1. The first-order chi connectivity index (χ1) is 11.6. The van der Waals surface area contributed by atoms with Crippen molar-refractivity contribution in [3.05, 3.63) is 75.9 Å². The first kappa shape index (κ1) is 16.6.